The number of aliphatic hydroxyl groups excluding tert-OH is 1. The van der Waals surface area contributed by atoms with Gasteiger partial charge in [0.05, 0.1) is 12.1 Å². The molecule has 1 aromatic heterocycles. The number of nitrogen functional groups attached to an aromatic ring is 1. The number of benzene rings is 2. The summed E-state index contributed by atoms with van der Waals surface area (Å²) in [6.45, 7) is -0.0796. The van der Waals surface area contributed by atoms with Gasteiger partial charge >= 0.3 is 0 Å². The number of rotatable bonds is 2. The van der Waals surface area contributed by atoms with Crippen molar-refractivity contribution >= 4 is 28.3 Å². The minimum atomic E-state index is -0.0796. The van der Waals surface area contributed by atoms with E-state index in [-0.39, 0.29) is 6.61 Å². The summed E-state index contributed by atoms with van der Waals surface area (Å²) in [6.07, 6.45) is 1.45. The van der Waals surface area contributed by atoms with Crippen LogP contribution in [0.5, 0.6) is 0 Å². The van der Waals surface area contributed by atoms with Gasteiger partial charge in [0, 0.05) is 16.0 Å². The third kappa shape index (κ3) is 2.09. The molecule has 0 spiro atoms. The van der Waals surface area contributed by atoms with Crippen LogP contribution in [0.4, 0.5) is 5.82 Å². The van der Waals surface area contributed by atoms with E-state index >= 15 is 0 Å². The van der Waals surface area contributed by atoms with E-state index < -0.39 is 0 Å². The quantitative estimate of drug-likeness (QED) is 0.759. The summed E-state index contributed by atoms with van der Waals surface area (Å²) in [4.78, 5) is 8.30. The standard InChI is InChI=1S/C15H12ClN3O/c16-13-6-9(4-5-10(13)7-20)11-2-1-3-12-14(11)18-8-19-15(12)17/h1-6,8,20H,7H2,(H2,17,18,19). The number of hydrogen-bond donors (Lipinski definition) is 2. The fourth-order valence-corrected chi connectivity index (χ4v) is 2.42. The van der Waals surface area contributed by atoms with Crippen molar-refractivity contribution in [1.29, 1.82) is 0 Å². The number of aromatic nitrogens is 2. The molecular formula is C15H12ClN3O. The van der Waals surface area contributed by atoms with Crippen LogP contribution >= 0.6 is 11.6 Å². The number of aliphatic hydroxyl groups is 1. The smallest absolute Gasteiger partial charge is 0.134 e. The second-order valence-corrected chi connectivity index (χ2v) is 4.83. The van der Waals surface area contributed by atoms with Gasteiger partial charge in [-0.15, -0.1) is 0 Å². The molecule has 0 aliphatic rings. The van der Waals surface area contributed by atoms with Crippen molar-refractivity contribution in [3.8, 4) is 11.1 Å². The SMILES string of the molecule is Nc1ncnc2c(-c3ccc(CO)c(Cl)c3)cccc12. The van der Waals surface area contributed by atoms with Crippen molar-refractivity contribution in [3.05, 3.63) is 53.3 Å². The van der Waals surface area contributed by atoms with Crippen molar-refractivity contribution in [2.24, 2.45) is 0 Å². The Hall–Kier alpha value is -2.17. The zero-order valence-corrected chi connectivity index (χ0v) is 11.3. The Morgan fingerprint density at radius 1 is 1.15 bits per heavy atom. The Morgan fingerprint density at radius 2 is 2.00 bits per heavy atom. The zero-order chi connectivity index (χ0) is 14.1. The molecule has 0 saturated carbocycles. The molecule has 0 amide bonds. The van der Waals surface area contributed by atoms with Crippen molar-refractivity contribution in [1.82, 2.24) is 9.97 Å². The number of fused-ring (bicyclic) bond motifs is 1. The third-order valence-corrected chi connectivity index (χ3v) is 3.58. The van der Waals surface area contributed by atoms with Crippen LogP contribution in [0, 0.1) is 0 Å². The average molecular weight is 286 g/mol. The van der Waals surface area contributed by atoms with E-state index in [1.807, 2.05) is 30.3 Å². The maximum absolute atomic E-state index is 9.17. The molecule has 5 heteroatoms. The largest absolute Gasteiger partial charge is 0.392 e. The van der Waals surface area contributed by atoms with Crippen LogP contribution < -0.4 is 5.73 Å². The highest BCUT2D eigenvalue weighted by atomic mass is 35.5. The van der Waals surface area contributed by atoms with E-state index in [0.717, 1.165) is 22.0 Å². The Bertz CT molecular complexity index is 789. The highest BCUT2D eigenvalue weighted by molar-refractivity contribution is 6.31. The molecule has 0 unspecified atom stereocenters. The second kappa shape index (κ2) is 5.07. The fraction of sp³-hybridized carbons (Fsp3) is 0.0667. The first-order valence-corrected chi connectivity index (χ1v) is 6.47. The lowest BCUT2D eigenvalue weighted by Crippen LogP contribution is -1.94. The average Bonchev–Trinajstić information content (AvgIpc) is 2.47. The first kappa shape index (κ1) is 12.8. The predicted molar refractivity (Wildman–Crippen MR) is 80.3 cm³/mol. The summed E-state index contributed by atoms with van der Waals surface area (Å²) in [6, 6.07) is 11.3. The summed E-state index contributed by atoms with van der Waals surface area (Å²) < 4.78 is 0. The first-order chi connectivity index (χ1) is 9.70. The van der Waals surface area contributed by atoms with Crippen molar-refractivity contribution in [2.45, 2.75) is 6.61 Å². The second-order valence-electron chi connectivity index (χ2n) is 4.42. The Morgan fingerprint density at radius 3 is 2.75 bits per heavy atom. The number of para-hydroxylation sites is 1. The number of hydrogen-bond acceptors (Lipinski definition) is 4. The Labute approximate surface area is 120 Å². The minimum Gasteiger partial charge on any atom is -0.392 e. The van der Waals surface area contributed by atoms with Crippen LogP contribution in [0.15, 0.2) is 42.7 Å². The van der Waals surface area contributed by atoms with Crippen LogP contribution in [0.3, 0.4) is 0 Å². The lowest BCUT2D eigenvalue weighted by atomic mass is 10.0. The molecule has 0 radical (unpaired) electrons. The lowest BCUT2D eigenvalue weighted by Gasteiger charge is -2.09. The van der Waals surface area contributed by atoms with Crippen molar-refractivity contribution < 1.29 is 5.11 Å². The van der Waals surface area contributed by atoms with E-state index in [9.17, 15) is 0 Å². The topological polar surface area (TPSA) is 72.0 Å². The first-order valence-electron chi connectivity index (χ1n) is 6.09. The summed E-state index contributed by atoms with van der Waals surface area (Å²) >= 11 is 6.14. The number of halogens is 1. The molecule has 0 atom stereocenters. The van der Waals surface area contributed by atoms with Crippen molar-refractivity contribution in [2.75, 3.05) is 5.73 Å². The molecule has 3 rings (SSSR count). The molecule has 100 valence electrons. The van der Waals surface area contributed by atoms with Gasteiger partial charge < -0.3 is 10.8 Å². The molecule has 0 bridgehead atoms. The van der Waals surface area contributed by atoms with Crippen LogP contribution in [0.2, 0.25) is 5.02 Å². The maximum atomic E-state index is 9.17. The van der Waals surface area contributed by atoms with Gasteiger partial charge in [-0.1, -0.05) is 35.9 Å². The lowest BCUT2D eigenvalue weighted by molar-refractivity contribution is 0.282. The highest BCUT2D eigenvalue weighted by Crippen LogP contribution is 2.31. The number of nitrogens with two attached hydrogens (primary N) is 1. The van der Waals surface area contributed by atoms with E-state index in [2.05, 4.69) is 9.97 Å². The molecule has 0 fully saturated rings. The molecule has 1 heterocycles. The number of anilines is 1. The minimum absolute atomic E-state index is 0.0796. The Balaban J connectivity index is 2.24. The van der Waals surface area contributed by atoms with E-state index in [1.54, 1.807) is 6.07 Å². The van der Waals surface area contributed by atoms with Gasteiger partial charge in [0.2, 0.25) is 0 Å². The van der Waals surface area contributed by atoms with Gasteiger partial charge in [-0.3, -0.25) is 0 Å². The normalized spacial score (nSPS) is 10.9. The monoisotopic (exact) mass is 285 g/mol. The van der Waals surface area contributed by atoms with Crippen molar-refractivity contribution in [3.63, 3.8) is 0 Å². The zero-order valence-electron chi connectivity index (χ0n) is 10.5. The van der Waals surface area contributed by atoms with Crippen LogP contribution in [-0.2, 0) is 6.61 Å². The molecule has 2 aromatic carbocycles. The predicted octanol–water partition coefficient (Wildman–Crippen LogP) is 3.02. The molecule has 4 nitrogen and oxygen atoms in total. The van der Waals surface area contributed by atoms with E-state index in [4.69, 9.17) is 22.4 Å². The summed E-state index contributed by atoms with van der Waals surface area (Å²) in [5.41, 5.74) is 9.21. The molecular weight excluding hydrogens is 274 g/mol. The molecule has 3 N–H and O–H groups in total. The van der Waals surface area contributed by atoms with E-state index in [1.165, 1.54) is 6.33 Å². The number of nitrogens with zero attached hydrogens (tertiary/aromatic N) is 2. The molecule has 0 saturated heterocycles. The highest BCUT2D eigenvalue weighted by Gasteiger charge is 2.09. The maximum Gasteiger partial charge on any atom is 0.134 e. The van der Waals surface area contributed by atoms with Gasteiger partial charge in [0.15, 0.2) is 0 Å². The van der Waals surface area contributed by atoms with E-state index in [0.29, 0.717) is 16.4 Å². The van der Waals surface area contributed by atoms with Gasteiger partial charge in [0.1, 0.15) is 12.1 Å². The van der Waals surface area contributed by atoms with Gasteiger partial charge in [-0.2, -0.15) is 0 Å². The Kier molecular flexibility index (Phi) is 3.26. The summed E-state index contributed by atoms with van der Waals surface area (Å²) in [7, 11) is 0. The van der Waals surface area contributed by atoms with Crippen LogP contribution in [-0.4, -0.2) is 15.1 Å². The van der Waals surface area contributed by atoms with Crippen LogP contribution in [0.1, 0.15) is 5.56 Å². The van der Waals surface area contributed by atoms with Gasteiger partial charge in [-0.25, -0.2) is 9.97 Å². The third-order valence-electron chi connectivity index (χ3n) is 3.23. The molecule has 3 aromatic rings. The van der Waals surface area contributed by atoms with Crippen LogP contribution in [0.25, 0.3) is 22.0 Å². The molecule has 0 aliphatic heterocycles. The van der Waals surface area contributed by atoms with Gasteiger partial charge in [0.25, 0.3) is 0 Å². The fourth-order valence-electron chi connectivity index (χ4n) is 2.18. The molecule has 0 aliphatic carbocycles. The summed E-state index contributed by atoms with van der Waals surface area (Å²) in [5, 5.41) is 10.5. The molecule has 20 heavy (non-hydrogen) atoms. The van der Waals surface area contributed by atoms with Gasteiger partial charge in [-0.05, 0) is 23.3 Å². The summed E-state index contributed by atoms with van der Waals surface area (Å²) in [5.74, 6) is 0.454.